The van der Waals surface area contributed by atoms with E-state index in [0.717, 1.165) is 15.8 Å². The summed E-state index contributed by atoms with van der Waals surface area (Å²) in [4.78, 5) is 13.2. The SMILES string of the molecule is COCC(=O)N(C)Cc1cc(Br)ccc1OC. The molecule has 1 amide bonds. The number of benzene rings is 1. The van der Waals surface area contributed by atoms with Crippen molar-refractivity contribution in [2.24, 2.45) is 0 Å². The molecule has 0 saturated carbocycles. The first-order valence-corrected chi connectivity index (χ1v) is 5.93. The van der Waals surface area contributed by atoms with E-state index < -0.39 is 0 Å². The number of methoxy groups -OCH3 is 2. The standard InChI is InChI=1S/C12H16BrNO3/c1-14(12(15)8-16-2)7-9-6-10(13)4-5-11(9)17-3/h4-6H,7-8H2,1-3H3. The van der Waals surface area contributed by atoms with Crippen LogP contribution in [0.15, 0.2) is 22.7 Å². The predicted octanol–water partition coefficient (Wildman–Crippen LogP) is 2.06. The van der Waals surface area contributed by atoms with E-state index in [1.807, 2.05) is 18.2 Å². The van der Waals surface area contributed by atoms with Crippen LogP contribution in [0.1, 0.15) is 5.56 Å². The normalized spacial score (nSPS) is 10.1. The molecule has 1 rings (SSSR count). The summed E-state index contributed by atoms with van der Waals surface area (Å²) < 4.78 is 11.0. The number of amides is 1. The van der Waals surface area contributed by atoms with Gasteiger partial charge in [-0.2, -0.15) is 0 Å². The highest BCUT2D eigenvalue weighted by Crippen LogP contribution is 2.23. The van der Waals surface area contributed by atoms with Crippen LogP contribution in [0.4, 0.5) is 0 Å². The fourth-order valence-electron chi connectivity index (χ4n) is 1.45. The molecule has 5 heteroatoms. The van der Waals surface area contributed by atoms with Crippen LogP contribution < -0.4 is 4.74 Å². The number of likely N-dealkylation sites (N-methyl/N-ethyl adjacent to an activating group) is 1. The van der Waals surface area contributed by atoms with Gasteiger partial charge in [0.2, 0.25) is 5.91 Å². The van der Waals surface area contributed by atoms with Gasteiger partial charge in [-0.3, -0.25) is 4.79 Å². The van der Waals surface area contributed by atoms with E-state index in [4.69, 9.17) is 9.47 Å². The predicted molar refractivity (Wildman–Crippen MR) is 69.0 cm³/mol. The van der Waals surface area contributed by atoms with Gasteiger partial charge in [-0.15, -0.1) is 0 Å². The quantitative estimate of drug-likeness (QED) is 0.836. The van der Waals surface area contributed by atoms with E-state index in [2.05, 4.69) is 15.9 Å². The van der Waals surface area contributed by atoms with Crippen LogP contribution in [0.25, 0.3) is 0 Å². The second kappa shape index (κ2) is 6.61. The van der Waals surface area contributed by atoms with Gasteiger partial charge in [0, 0.05) is 30.7 Å². The Morgan fingerprint density at radius 2 is 2.12 bits per heavy atom. The number of ether oxygens (including phenoxy) is 2. The smallest absolute Gasteiger partial charge is 0.248 e. The van der Waals surface area contributed by atoms with E-state index in [0.29, 0.717) is 6.54 Å². The third-order valence-electron chi connectivity index (χ3n) is 2.34. The Hall–Kier alpha value is -1.07. The van der Waals surface area contributed by atoms with Crippen LogP contribution >= 0.6 is 15.9 Å². The van der Waals surface area contributed by atoms with Crippen LogP contribution in [0.5, 0.6) is 5.75 Å². The van der Waals surface area contributed by atoms with Gasteiger partial charge in [-0.05, 0) is 18.2 Å². The van der Waals surface area contributed by atoms with Crippen molar-refractivity contribution in [3.8, 4) is 5.75 Å². The molecule has 0 aliphatic rings. The van der Waals surface area contributed by atoms with Gasteiger partial charge in [0.1, 0.15) is 12.4 Å². The average molecular weight is 302 g/mol. The Bertz CT molecular complexity index is 395. The molecule has 1 aromatic rings. The summed E-state index contributed by atoms with van der Waals surface area (Å²) in [5.41, 5.74) is 0.953. The summed E-state index contributed by atoms with van der Waals surface area (Å²) in [5.74, 6) is 0.708. The van der Waals surface area contributed by atoms with Crippen LogP contribution in [0.2, 0.25) is 0 Å². The Morgan fingerprint density at radius 1 is 1.41 bits per heavy atom. The summed E-state index contributed by atoms with van der Waals surface area (Å²) in [6.45, 7) is 0.581. The monoisotopic (exact) mass is 301 g/mol. The van der Waals surface area contributed by atoms with Crippen molar-refractivity contribution < 1.29 is 14.3 Å². The molecule has 0 aromatic heterocycles. The first kappa shape index (κ1) is 14.0. The van der Waals surface area contributed by atoms with Crippen molar-refractivity contribution in [1.82, 2.24) is 4.90 Å². The molecular formula is C12H16BrNO3. The summed E-state index contributed by atoms with van der Waals surface area (Å²) in [6, 6.07) is 5.71. The van der Waals surface area contributed by atoms with Crippen molar-refractivity contribution >= 4 is 21.8 Å². The molecule has 0 aliphatic carbocycles. The second-order valence-corrected chi connectivity index (χ2v) is 4.55. The maximum Gasteiger partial charge on any atom is 0.248 e. The van der Waals surface area contributed by atoms with Gasteiger partial charge in [-0.1, -0.05) is 15.9 Å². The van der Waals surface area contributed by atoms with E-state index in [1.165, 1.54) is 7.11 Å². The van der Waals surface area contributed by atoms with Crippen molar-refractivity contribution in [1.29, 1.82) is 0 Å². The molecular weight excluding hydrogens is 286 g/mol. The highest BCUT2D eigenvalue weighted by Gasteiger charge is 2.11. The molecule has 17 heavy (non-hydrogen) atoms. The van der Waals surface area contributed by atoms with E-state index in [-0.39, 0.29) is 12.5 Å². The number of nitrogens with zero attached hydrogens (tertiary/aromatic N) is 1. The fourth-order valence-corrected chi connectivity index (χ4v) is 1.86. The van der Waals surface area contributed by atoms with Gasteiger partial charge < -0.3 is 14.4 Å². The molecule has 0 atom stereocenters. The number of rotatable bonds is 5. The zero-order chi connectivity index (χ0) is 12.8. The third kappa shape index (κ3) is 4.02. The average Bonchev–Trinajstić information content (AvgIpc) is 2.29. The lowest BCUT2D eigenvalue weighted by Gasteiger charge is -2.18. The van der Waals surface area contributed by atoms with Gasteiger partial charge in [0.15, 0.2) is 0 Å². The summed E-state index contributed by atoms with van der Waals surface area (Å²) in [7, 11) is 4.86. The van der Waals surface area contributed by atoms with Crippen LogP contribution in [-0.4, -0.2) is 38.7 Å². The Morgan fingerprint density at radius 3 is 2.71 bits per heavy atom. The molecule has 0 radical (unpaired) electrons. The molecule has 0 heterocycles. The van der Waals surface area contributed by atoms with E-state index in [1.54, 1.807) is 19.1 Å². The second-order valence-electron chi connectivity index (χ2n) is 3.64. The number of hydrogen-bond acceptors (Lipinski definition) is 3. The molecule has 0 saturated heterocycles. The third-order valence-corrected chi connectivity index (χ3v) is 2.84. The van der Waals surface area contributed by atoms with Crippen molar-refractivity contribution in [3.63, 3.8) is 0 Å². The maximum absolute atomic E-state index is 11.6. The van der Waals surface area contributed by atoms with Crippen LogP contribution in [0.3, 0.4) is 0 Å². The van der Waals surface area contributed by atoms with Gasteiger partial charge in [-0.25, -0.2) is 0 Å². The molecule has 0 aliphatic heterocycles. The highest BCUT2D eigenvalue weighted by atomic mass is 79.9. The lowest BCUT2D eigenvalue weighted by molar-refractivity contribution is -0.134. The highest BCUT2D eigenvalue weighted by molar-refractivity contribution is 9.10. The largest absolute Gasteiger partial charge is 0.496 e. The van der Waals surface area contributed by atoms with Crippen molar-refractivity contribution in [3.05, 3.63) is 28.2 Å². The molecule has 94 valence electrons. The van der Waals surface area contributed by atoms with E-state index in [9.17, 15) is 4.79 Å². The van der Waals surface area contributed by atoms with Crippen LogP contribution in [-0.2, 0) is 16.1 Å². The van der Waals surface area contributed by atoms with Gasteiger partial charge >= 0.3 is 0 Å². The summed E-state index contributed by atoms with van der Waals surface area (Å²) in [6.07, 6.45) is 0. The summed E-state index contributed by atoms with van der Waals surface area (Å²) >= 11 is 3.40. The number of halogens is 1. The minimum atomic E-state index is -0.0606. The van der Waals surface area contributed by atoms with Crippen molar-refractivity contribution in [2.45, 2.75) is 6.54 Å². The topological polar surface area (TPSA) is 38.8 Å². The lowest BCUT2D eigenvalue weighted by atomic mass is 10.2. The zero-order valence-electron chi connectivity index (χ0n) is 10.2. The molecule has 4 nitrogen and oxygen atoms in total. The first-order chi connectivity index (χ1) is 8.08. The van der Waals surface area contributed by atoms with Gasteiger partial charge in [0.25, 0.3) is 0 Å². The van der Waals surface area contributed by atoms with Crippen molar-refractivity contribution in [2.75, 3.05) is 27.9 Å². The summed E-state index contributed by atoms with van der Waals surface area (Å²) in [5, 5.41) is 0. The zero-order valence-corrected chi connectivity index (χ0v) is 11.8. The number of carbonyl (C=O) groups excluding carboxylic acids is 1. The molecule has 0 unspecified atom stereocenters. The Kier molecular flexibility index (Phi) is 5.44. The molecule has 0 spiro atoms. The van der Waals surface area contributed by atoms with E-state index >= 15 is 0 Å². The maximum atomic E-state index is 11.6. The number of carbonyl (C=O) groups is 1. The van der Waals surface area contributed by atoms with Gasteiger partial charge in [0.05, 0.1) is 7.11 Å². The minimum Gasteiger partial charge on any atom is -0.496 e. The molecule has 0 fully saturated rings. The lowest BCUT2D eigenvalue weighted by Crippen LogP contribution is -2.29. The Labute approximate surface area is 110 Å². The fraction of sp³-hybridized carbons (Fsp3) is 0.417. The molecule has 0 N–H and O–H groups in total. The minimum absolute atomic E-state index is 0.0606. The molecule has 0 bridgehead atoms. The van der Waals surface area contributed by atoms with Crippen LogP contribution in [0, 0.1) is 0 Å². The molecule has 1 aromatic carbocycles. The number of hydrogen-bond donors (Lipinski definition) is 0. The Balaban J connectivity index is 2.79. The first-order valence-electron chi connectivity index (χ1n) is 5.13.